The zero-order valence-corrected chi connectivity index (χ0v) is 12.7. The number of hydrogen-bond donors (Lipinski definition) is 0. The smallest absolute Gasteiger partial charge is 0.276 e. The number of nitrogens with zero attached hydrogens (tertiary/aromatic N) is 4. The Kier molecular flexibility index (Phi) is 3.38. The van der Waals surface area contributed by atoms with Gasteiger partial charge in [0.1, 0.15) is 17.2 Å². The number of halogens is 3. The van der Waals surface area contributed by atoms with Gasteiger partial charge in [-0.3, -0.25) is 9.20 Å². The van der Waals surface area contributed by atoms with Crippen LogP contribution in [0.25, 0.3) is 17.0 Å². The highest BCUT2D eigenvalue weighted by Gasteiger charge is 2.35. The molecule has 0 atom stereocenters. The molecule has 0 bridgehead atoms. The van der Waals surface area contributed by atoms with Crippen molar-refractivity contribution in [3.63, 3.8) is 0 Å². The lowest BCUT2D eigenvalue weighted by Crippen LogP contribution is -2.40. The number of carbonyl (C=O) groups excluding carboxylic acids is 1. The van der Waals surface area contributed by atoms with Gasteiger partial charge in [-0.1, -0.05) is 6.08 Å². The van der Waals surface area contributed by atoms with E-state index in [0.717, 1.165) is 11.1 Å². The second-order valence-electron chi connectivity index (χ2n) is 5.65. The Balaban J connectivity index is 1.80. The number of alkyl halides is 2. The van der Waals surface area contributed by atoms with Crippen LogP contribution in [0.15, 0.2) is 47.7 Å². The summed E-state index contributed by atoms with van der Waals surface area (Å²) in [5, 5.41) is 0. The number of aromatic nitrogens is 3. The Bertz CT molecular complexity index is 979. The van der Waals surface area contributed by atoms with E-state index in [1.165, 1.54) is 41.5 Å². The van der Waals surface area contributed by atoms with Gasteiger partial charge in [-0.05, 0) is 6.07 Å². The van der Waals surface area contributed by atoms with E-state index in [1.807, 2.05) is 0 Å². The highest BCUT2D eigenvalue weighted by molar-refractivity contribution is 5.95. The summed E-state index contributed by atoms with van der Waals surface area (Å²) in [5.41, 5.74) is 0.530. The summed E-state index contributed by atoms with van der Waals surface area (Å²) in [7, 11) is 0. The summed E-state index contributed by atoms with van der Waals surface area (Å²) < 4.78 is 47.5. The molecule has 1 aliphatic heterocycles. The van der Waals surface area contributed by atoms with Crippen LogP contribution >= 0.6 is 0 Å². The lowest BCUT2D eigenvalue weighted by atomic mass is 10.1. The van der Waals surface area contributed by atoms with Gasteiger partial charge in [0.25, 0.3) is 11.8 Å². The van der Waals surface area contributed by atoms with Crippen LogP contribution in [0.1, 0.15) is 16.9 Å². The number of imidazole rings is 1. The summed E-state index contributed by atoms with van der Waals surface area (Å²) in [6, 6.07) is 1.20. The van der Waals surface area contributed by atoms with Crippen molar-refractivity contribution in [3.05, 3.63) is 54.8 Å². The number of amides is 1. The van der Waals surface area contributed by atoms with Crippen LogP contribution in [0, 0.1) is 5.82 Å². The van der Waals surface area contributed by atoms with Crippen LogP contribution in [0.4, 0.5) is 13.2 Å². The highest BCUT2D eigenvalue weighted by Crippen LogP contribution is 2.28. The van der Waals surface area contributed by atoms with Crippen LogP contribution in [-0.4, -0.2) is 37.6 Å². The fraction of sp³-hybridized carbons (Fsp3) is 0.188. The van der Waals surface area contributed by atoms with Gasteiger partial charge < -0.3 is 9.32 Å². The average molecular weight is 348 g/mol. The summed E-state index contributed by atoms with van der Waals surface area (Å²) in [5.74, 6) is -4.05. The molecule has 0 unspecified atom stereocenters. The Hall–Kier alpha value is -3.10. The molecule has 25 heavy (non-hydrogen) atoms. The molecular weight excluding hydrogens is 337 g/mol. The first-order valence-electron chi connectivity index (χ1n) is 7.35. The van der Waals surface area contributed by atoms with Crippen molar-refractivity contribution in [3.8, 4) is 11.3 Å². The molecule has 3 aromatic heterocycles. The minimum Gasteiger partial charge on any atom is -0.443 e. The minimum atomic E-state index is -3.00. The molecule has 0 fully saturated rings. The number of fused-ring (bicyclic) bond motifs is 1. The van der Waals surface area contributed by atoms with E-state index >= 15 is 0 Å². The Morgan fingerprint density at radius 1 is 1.32 bits per heavy atom. The lowest BCUT2D eigenvalue weighted by molar-refractivity contribution is -0.0228. The van der Waals surface area contributed by atoms with E-state index in [-0.39, 0.29) is 17.1 Å². The van der Waals surface area contributed by atoms with Crippen LogP contribution in [-0.2, 0) is 0 Å². The second-order valence-corrected chi connectivity index (χ2v) is 5.65. The molecule has 0 saturated heterocycles. The molecule has 6 nitrogen and oxygen atoms in total. The molecule has 0 aromatic carbocycles. The predicted octanol–water partition coefficient (Wildman–Crippen LogP) is 3.12. The van der Waals surface area contributed by atoms with E-state index in [1.54, 1.807) is 0 Å². The largest absolute Gasteiger partial charge is 0.443 e. The SMILES string of the molecule is O=C(c1cnc2c(-c3cnco3)cc(F)cn12)N1C=CCC(F)(F)C1. The second kappa shape index (κ2) is 5.47. The van der Waals surface area contributed by atoms with Gasteiger partial charge in [-0.25, -0.2) is 23.1 Å². The molecule has 0 aliphatic carbocycles. The lowest BCUT2D eigenvalue weighted by Gasteiger charge is -2.27. The minimum absolute atomic E-state index is 0.0300. The molecule has 4 heterocycles. The third-order valence-corrected chi connectivity index (χ3v) is 3.85. The summed E-state index contributed by atoms with van der Waals surface area (Å²) in [4.78, 5) is 21.4. The first-order chi connectivity index (χ1) is 11.9. The van der Waals surface area contributed by atoms with Crippen molar-refractivity contribution < 1.29 is 22.4 Å². The fourth-order valence-electron chi connectivity index (χ4n) is 2.75. The van der Waals surface area contributed by atoms with Crippen molar-refractivity contribution in [2.75, 3.05) is 6.54 Å². The van der Waals surface area contributed by atoms with E-state index < -0.39 is 30.6 Å². The van der Waals surface area contributed by atoms with E-state index in [0.29, 0.717) is 5.56 Å². The van der Waals surface area contributed by atoms with Gasteiger partial charge >= 0.3 is 0 Å². The monoisotopic (exact) mass is 348 g/mol. The molecule has 3 aromatic rings. The number of oxazole rings is 1. The number of carbonyl (C=O) groups is 1. The third kappa shape index (κ3) is 2.67. The van der Waals surface area contributed by atoms with E-state index in [4.69, 9.17) is 4.42 Å². The first kappa shape index (κ1) is 15.4. The zero-order valence-electron chi connectivity index (χ0n) is 12.7. The first-order valence-corrected chi connectivity index (χ1v) is 7.35. The molecular formula is C16H11F3N4O2. The standard InChI is InChI=1S/C16H11F3N4O2/c17-10-4-11(13-6-20-9-25-13)14-21-5-12(23(14)7-10)15(24)22-3-1-2-16(18,19)8-22/h1,3-7,9H,2,8H2. The fourth-order valence-corrected chi connectivity index (χ4v) is 2.75. The van der Waals surface area contributed by atoms with Crippen molar-refractivity contribution in [2.45, 2.75) is 12.3 Å². The van der Waals surface area contributed by atoms with Crippen LogP contribution in [0.2, 0.25) is 0 Å². The molecule has 0 saturated carbocycles. The summed E-state index contributed by atoms with van der Waals surface area (Å²) in [6.07, 6.45) is 6.97. The predicted molar refractivity (Wildman–Crippen MR) is 80.4 cm³/mol. The Labute approximate surface area is 139 Å². The molecule has 0 spiro atoms. The maximum Gasteiger partial charge on any atom is 0.276 e. The highest BCUT2D eigenvalue weighted by atomic mass is 19.3. The molecule has 0 radical (unpaired) electrons. The Morgan fingerprint density at radius 2 is 2.16 bits per heavy atom. The number of rotatable bonds is 2. The molecule has 1 amide bonds. The molecule has 9 heteroatoms. The third-order valence-electron chi connectivity index (χ3n) is 3.85. The quantitative estimate of drug-likeness (QED) is 0.714. The molecule has 0 N–H and O–H groups in total. The van der Waals surface area contributed by atoms with Crippen LogP contribution < -0.4 is 0 Å². The van der Waals surface area contributed by atoms with Gasteiger partial charge in [0.05, 0.1) is 24.5 Å². The van der Waals surface area contributed by atoms with Crippen molar-refractivity contribution in [1.82, 2.24) is 19.3 Å². The molecule has 4 rings (SSSR count). The van der Waals surface area contributed by atoms with Gasteiger partial charge in [-0.2, -0.15) is 0 Å². The maximum absolute atomic E-state index is 14.0. The molecule has 128 valence electrons. The van der Waals surface area contributed by atoms with Gasteiger partial charge in [0, 0.05) is 18.8 Å². The van der Waals surface area contributed by atoms with Crippen molar-refractivity contribution >= 4 is 11.6 Å². The van der Waals surface area contributed by atoms with Crippen LogP contribution in [0.5, 0.6) is 0 Å². The topological polar surface area (TPSA) is 63.6 Å². The number of hydrogen-bond acceptors (Lipinski definition) is 4. The zero-order chi connectivity index (χ0) is 17.6. The Morgan fingerprint density at radius 3 is 2.88 bits per heavy atom. The van der Waals surface area contributed by atoms with E-state index in [9.17, 15) is 18.0 Å². The maximum atomic E-state index is 14.0. The van der Waals surface area contributed by atoms with Gasteiger partial charge in [-0.15, -0.1) is 0 Å². The molecule has 1 aliphatic rings. The normalized spacial score (nSPS) is 16.5. The van der Waals surface area contributed by atoms with Crippen molar-refractivity contribution in [2.24, 2.45) is 0 Å². The summed E-state index contributed by atoms with van der Waals surface area (Å²) in [6.45, 7) is -0.736. The van der Waals surface area contributed by atoms with Crippen molar-refractivity contribution in [1.29, 1.82) is 0 Å². The van der Waals surface area contributed by atoms with E-state index in [2.05, 4.69) is 9.97 Å². The summed E-state index contributed by atoms with van der Waals surface area (Å²) >= 11 is 0. The van der Waals surface area contributed by atoms with Gasteiger partial charge in [0.2, 0.25) is 0 Å². The number of pyridine rings is 1. The van der Waals surface area contributed by atoms with Crippen LogP contribution in [0.3, 0.4) is 0 Å². The van der Waals surface area contributed by atoms with Gasteiger partial charge in [0.15, 0.2) is 12.2 Å². The number of allylic oxidation sites excluding steroid dienone is 1. The average Bonchev–Trinajstić information content (AvgIpc) is 3.22.